The molecule has 0 aliphatic carbocycles. The van der Waals surface area contributed by atoms with E-state index in [9.17, 15) is 9.18 Å². The maximum Gasteiger partial charge on any atom is 0.258 e. The highest BCUT2D eigenvalue weighted by Crippen LogP contribution is 2.42. The molecule has 36 heavy (non-hydrogen) atoms. The quantitative estimate of drug-likeness (QED) is 0.296. The van der Waals surface area contributed by atoms with E-state index in [0.29, 0.717) is 11.6 Å². The van der Waals surface area contributed by atoms with E-state index in [4.69, 9.17) is 0 Å². The summed E-state index contributed by atoms with van der Waals surface area (Å²) in [6.07, 6.45) is 2.23. The molecule has 1 saturated heterocycles. The number of carbonyl (C=O) groups is 1. The zero-order valence-electron chi connectivity index (χ0n) is 20.8. The van der Waals surface area contributed by atoms with Gasteiger partial charge >= 0.3 is 0 Å². The normalized spacial score (nSPS) is 15.4. The SMILES string of the molecule is CC(C)c1c(C(=O)Nc2ccccc2)c(-c2ccccc2)c(-c2ccc(F)cc2)n1C[C@H]1CCCN1. The summed E-state index contributed by atoms with van der Waals surface area (Å²) in [6, 6.07) is 26.6. The van der Waals surface area contributed by atoms with Gasteiger partial charge in [0.05, 0.1) is 11.3 Å². The topological polar surface area (TPSA) is 46.1 Å². The lowest BCUT2D eigenvalue weighted by Gasteiger charge is -2.20. The van der Waals surface area contributed by atoms with Crippen molar-refractivity contribution in [2.75, 3.05) is 11.9 Å². The molecule has 0 saturated carbocycles. The first-order chi connectivity index (χ1) is 17.5. The fourth-order valence-electron chi connectivity index (χ4n) is 5.30. The van der Waals surface area contributed by atoms with Crippen LogP contribution < -0.4 is 10.6 Å². The third-order valence-corrected chi connectivity index (χ3v) is 6.85. The molecule has 4 nitrogen and oxygen atoms in total. The number of hydrogen-bond acceptors (Lipinski definition) is 2. The average molecular weight is 482 g/mol. The van der Waals surface area contributed by atoms with Gasteiger partial charge in [0.25, 0.3) is 5.91 Å². The second-order valence-corrected chi connectivity index (χ2v) is 9.74. The van der Waals surface area contributed by atoms with Gasteiger partial charge in [-0.3, -0.25) is 4.79 Å². The van der Waals surface area contributed by atoms with Crippen molar-refractivity contribution in [3.05, 3.63) is 102 Å². The molecule has 184 valence electrons. The summed E-state index contributed by atoms with van der Waals surface area (Å²) in [5.41, 5.74) is 6.13. The number of nitrogens with one attached hydrogen (secondary N) is 2. The van der Waals surface area contributed by atoms with Crippen molar-refractivity contribution < 1.29 is 9.18 Å². The fourth-order valence-corrected chi connectivity index (χ4v) is 5.30. The second-order valence-electron chi connectivity index (χ2n) is 9.74. The summed E-state index contributed by atoms with van der Waals surface area (Å²) in [6.45, 7) is 6.02. The highest BCUT2D eigenvalue weighted by Gasteiger charge is 2.31. The van der Waals surface area contributed by atoms with Crippen molar-refractivity contribution in [1.82, 2.24) is 9.88 Å². The second kappa shape index (κ2) is 10.5. The number of carbonyl (C=O) groups excluding carboxylic acids is 1. The molecule has 3 aromatic carbocycles. The van der Waals surface area contributed by atoms with Crippen molar-refractivity contribution in [2.24, 2.45) is 0 Å². The van der Waals surface area contributed by atoms with Crippen LogP contribution in [-0.2, 0) is 6.54 Å². The van der Waals surface area contributed by atoms with Gasteiger partial charge in [0.1, 0.15) is 5.82 Å². The molecule has 1 aromatic heterocycles. The Morgan fingerprint density at radius 3 is 2.25 bits per heavy atom. The summed E-state index contributed by atoms with van der Waals surface area (Å²) >= 11 is 0. The molecule has 1 aliphatic rings. The third-order valence-electron chi connectivity index (χ3n) is 6.85. The molecule has 0 unspecified atom stereocenters. The first-order valence-corrected chi connectivity index (χ1v) is 12.7. The molecule has 2 heterocycles. The molecular formula is C31H32FN3O. The summed E-state index contributed by atoms with van der Waals surface area (Å²) in [5.74, 6) is -0.313. The Hall–Kier alpha value is -3.70. The molecule has 1 atom stereocenters. The van der Waals surface area contributed by atoms with Crippen molar-refractivity contribution in [2.45, 2.75) is 45.2 Å². The molecule has 0 radical (unpaired) electrons. The number of para-hydroxylation sites is 1. The van der Waals surface area contributed by atoms with E-state index in [1.807, 2.05) is 72.8 Å². The molecule has 5 rings (SSSR count). The largest absolute Gasteiger partial charge is 0.341 e. The predicted octanol–water partition coefficient (Wildman–Crippen LogP) is 7.09. The lowest BCUT2D eigenvalue weighted by Crippen LogP contribution is -2.28. The van der Waals surface area contributed by atoms with E-state index < -0.39 is 0 Å². The standard InChI is InChI=1S/C31H32FN3O/c1-21(2)29-28(31(36)34-25-12-7-4-8-13-25)27(22-10-5-3-6-11-22)30(23-15-17-24(32)18-16-23)35(29)20-26-14-9-19-33-26/h3-8,10-13,15-18,21,26,33H,9,14,19-20H2,1-2H3,(H,34,36)/t26-/m1/s1. The molecule has 0 spiro atoms. The zero-order chi connectivity index (χ0) is 25.1. The Kier molecular flexibility index (Phi) is 7.01. The summed E-state index contributed by atoms with van der Waals surface area (Å²) in [4.78, 5) is 14.0. The van der Waals surface area contributed by atoms with Crippen LogP contribution in [0.15, 0.2) is 84.9 Å². The van der Waals surface area contributed by atoms with Gasteiger partial charge in [0.15, 0.2) is 0 Å². The first-order valence-electron chi connectivity index (χ1n) is 12.7. The molecule has 0 bridgehead atoms. The predicted molar refractivity (Wildman–Crippen MR) is 145 cm³/mol. The minimum atomic E-state index is -0.276. The van der Waals surface area contributed by atoms with Gasteiger partial charge in [-0.15, -0.1) is 0 Å². The third kappa shape index (κ3) is 4.84. The van der Waals surface area contributed by atoms with Crippen LogP contribution in [0.25, 0.3) is 22.4 Å². The molecule has 4 aromatic rings. The molecule has 1 aliphatic heterocycles. The van der Waals surface area contributed by atoms with Crippen LogP contribution in [0.5, 0.6) is 0 Å². The van der Waals surface area contributed by atoms with E-state index in [1.54, 1.807) is 0 Å². The van der Waals surface area contributed by atoms with Gasteiger partial charge in [-0.05, 0) is 72.8 Å². The van der Waals surface area contributed by atoms with Crippen LogP contribution in [0.1, 0.15) is 48.7 Å². The Labute approximate surface area is 212 Å². The molecule has 1 amide bonds. The van der Waals surface area contributed by atoms with Gasteiger partial charge in [-0.2, -0.15) is 0 Å². The van der Waals surface area contributed by atoms with Gasteiger partial charge < -0.3 is 15.2 Å². The lowest BCUT2D eigenvalue weighted by molar-refractivity contribution is 0.102. The van der Waals surface area contributed by atoms with Crippen molar-refractivity contribution in [3.8, 4) is 22.4 Å². The molecule has 1 fully saturated rings. The van der Waals surface area contributed by atoms with Crippen LogP contribution >= 0.6 is 0 Å². The smallest absolute Gasteiger partial charge is 0.258 e. The van der Waals surface area contributed by atoms with Gasteiger partial charge in [-0.25, -0.2) is 4.39 Å². The Bertz CT molecular complexity index is 1320. The van der Waals surface area contributed by atoms with E-state index in [0.717, 1.165) is 59.7 Å². The number of halogens is 1. The monoisotopic (exact) mass is 481 g/mol. The van der Waals surface area contributed by atoms with E-state index in [-0.39, 0.29) is 17.6 Å². The average Bonchev–Trinajstić information content (AvgIpc) is 3.52. The van der Waals surface area contributed by atoms with Gasteiger partial charge in [0.2, 0.25) is 0 Å². The molecule has 2 N–H and O–H groups in total. The summed E-state index contributed by atoms with van der Waals surface area (Å²) < 4.78 is 16.3. The minimum Gasteiger partial charge on any atom is -0.341 e. The molecular weight excluding hydrogens is 449 g/mol. The Morgan fingerprint density at radius 2 is 1.64 bits per heavy atom. The number of amides is 1. The number of anilines is 1. The van der Waals surface area contributed by atoms with Gasteiger partial charge in [-0.1, -0.05) is 62.4 Å². The van der Waals surface area contributed by atoms with E-state index >= 15 is 0 Å². The van der Waals surface area contributed by atoms with Crippen LogP contribution in [0.2, 0.25) is 0 Å². The highest BCUT2D eigenvalue weighted by molar-refractivity contribution is 6.12. The maximum atomic E-state index is 14.0. The Balaban J connectivity index is 1.79. The van der Waals surface area contributed by atoms with Crippen molar-refractivity contribution in [1.29, 1.82) is 0 Å². The van der Waals surface area contributed by atoms with Crippen LogP contribution in [0, 0.1) is 5.82 Å². The minimum absolute atomic E-state index is 0.0968. The number of aromatic nitrogens is 1. The van der Waals surface area contributed by atoms with Gasteiger partial charge in [0, 0.05) is 29.5 Å². The highest BCUT2D eigenvalue weighted by atomic mass is 19.1. The fraction of sp³-hybridized carbons (Fsp3) is 0.258. The van der Waals surface area contributed by atoms with E-state index in [1.165, 1.54) is 12.1 Å². The molecule has 5 heteroatoms. The lowest BCUT2D eigenvalue weighted by atomic mass is 9.94. The number of benzene rings is 3. The maximum absolute atomic E-state index is 14.0. The summed E-state index contributed by atoms with van der Waals surface area (Å²) in [7, 11) is 0. The van der Waals surface area contributed by atoms with Crippen molar-refractivity contribution in [3.63, 3.8) is 0 Å². The zero-order valence-corrected chi connectivity index (χ0v) is 20.8. The van der Waals surface area contributed by atoms with Crippen LogP contribution in [-0.4, -0.2) is 23.1 Å². The van der Waals surface area contributed by atoms with Crippen molar-refractivity contribution >= 4 is 11.6 Å². The Morgan fingerprint density at radius 1 is 0.972 bits per heavy atom. The van der Waals surface area contributed by atoms with Crippen LogP contribution in [0.3, 0.4) is 0 Å². The number of hydrogen-bond donors (Lipinski definition) is 2. The van der Waals surface area contributed by atoms with E-state index in [2.05, 4.69) is 29.0 Å². The summed E-state index contributed by atoms with van der Waals surface area (Å²) in [5, 5.41) is 6.75. The number of rotatable bonds is 7. The van der Waals surface area contributed by atoms with Crippen LogP contribution in [0.4, 0.5) is 10.1 Å². The number of nitrogens with zero attached hydrogens (tertiary/aromatic N) is 1. The first kappa shape index (κ1) is 24.0.